The molecule has 0 atom stereocenters. The van der Waals surface area contributed by atoms with Crippen molar-refractivity contribution in [2.45, 2.75) is 6.92 Å². The number of nitrogens with one attached hydrogen (secondary N) is 1. The van der Waals surface area contributed by atoms with Crippen molar-refractivity contribution in [3.8, 4) is 0 Å². The Labute approximate surface area is 132 Å². The predicted molar refractivity (Wildman–Crippen MR) is 84.0 cm³/mol. The lowest BCUT2D eigenvalue weighted by atomic mass is 10.2. The van der Waals surface area contributed by atoms with Crippen LogP contribution in [0.2, 0.25) is 0 Å². The lowest BCUT2D eigenvalue weighted by Crippen LogP contribution is -2.10. The molecule has 21 heavy (non-hydrogen) atoms. The molecule has 0 unspecified atom stereocenters. The fourth-order valence-corrected chi connectivity index (χ4v) is 3.00. The second-order valence-electron chi connectivity index (χ2n) is 4.32. The van der Waals surface area contributed by atoms with E-state index in [1.807, 2.05) is 18.2 Å². The highest BCUT2D eigenvalue weighted by atomic mass is 79.9. The quantitative estimate of drug-likeness (QED) is 0.709. The van der Waals surface area contributed by atoms with Gasteiger partial charge in [0, 0.05) is 17.7 Å². The van der Waals surface area contributed by atoms with E-state index in [1.165, 1.54) is 18.3 Å². The maximum Gasteiger partial charge on any atom is 0.293 e. The molecule has 0 spiro atoms. The molecule has 5 nitrogen and oxygen atoms in total. The number of carbonyl (C=O) groups is 2. The molecule has 2 aromatic heterocycles. The molecule has 3 rings (SSSR count). The van der Waals surface area contributed by atoms with Gasteiger partial charge in [0.25, 0.3) is 5.91 Å². The average Bonchev–Trinajstić information content (AvgIpc) is 3.05. The Balaban J connectivity index is 1.86. The Bertz CT molecular complexity index is 853. The summed E-state index contributed by atoms with van der Waals surface area (Å²) in [5.41, 5.74) is 0.953. The van der Waals surface area contributed by atoms with Crippen LogP contribution in [0.3, 0.4) is 0 Å². The first kappa shape index (κ1) is 14.0. The summed E-state index contributed by atoms with van der Waals surface area (Å²) in [6.07, 6.45) is 0. The topological polar surface area (TPSA) is 72.2 Å². The minimum atomic E-state index is -0.400. The number of benzene rings is 1. The zero-order valence-electron chi connectivity index (χ0n) is 10.8. The standard InChI is InChI=1S/C14H9BrN2O3S/c1-7(18)10-6-21-14(16-10)17-13(19)11-5-8-3-2-4-9(15)12(8)20-11/h2-6H,1H3,(H,16,17,19). The predicted octanol–water partition coefficient (Wildman–Crippen LogP) is 4.11. The van der Waals surface area contributed by atoms with Crippen LogP contribution in [0.4, 0.5) is 5.13 Å². The summed E-state index contributed by atoms with van der Waals surface area (Å²) < 4.78 is 6.32. The molecule has 0 radical (unpaired) electrons. The van der Waals surface area contributed by atoms with E-state index in [2.05, 4.69) is 26.2 Å². The van der Waals surface area contributed by atoms with Crippen molar-refractivity contribution in [1.29, 1.82) is 0 Å². The van der Waals surface area contributed by atoms with Crippen molar-refractivity contribution < 1.29 is 14.0 Å². The Morgan fingerprint density at radius 2 is 2.19 bits per heavy atom. The van der Waals surface area contributed by atoms with E-state index in [-0.39, 0.29) is 11.5 Å². The maximum atomic E-state index is 12.1. The van der Waals surface area contributed by atoms with Crippen LogP contribution in [0.25, 0.3) is 11.0 Å². The highest BCUT2D eigenvalue weighted by molar-refractivity contribution is 9.10. The van der Waals surface area contributed by atoms with Crippen LogP contribution in [0.1, 0.15) is 28.0 Å². The average molecular weight is 365 g/mol. The van der Waals surface area contributed by atoms with Crippen LogP contribution >= 0.6 is 27.3 Å². The number of thiazole rings is 1. The van der Waals surface area contributed by atoms with Gasteiger partial charge in [-0.2, -0.15) is 0 Å². The van der Waals surface area contributed by atoms with E-state index in [9.17, 15) is 9.59 Å². The number of aromatic nitrogens is 1. The number of halogens is 1. The molecule has 0 saturated carbocycles. The molecule has 3 aromatic rings. The van der Waals surface area contributed by atoms with Gasteiger partial charge in [0.1, 0.15) is 11.3 Å². The van der Waals surface area contributed by atoms with Gasteiger partial charge in [0.05, 0.1) is 4.47 Å². The SMILES string of the molecule is CC(=O)c1csc(NC(=O)c2cc3cccc(Br)c3o2)n1. The van der Waals surface area contributed by atoms with Crippen LogP contribution in [0, 0.1) is 0 Å². The first-order chi connectivity index (χ1) is 10.0. The van der Waals surface area contributed by atoms with Gasteiger partial charge in [-0.3, -0.25) is 14.9 Å². The van der Waals surface area contributed by atoms with E-state index >= 15 is 0 Å². The maximum absolute atomic E-state index is 12.1. The normalized spacial score (nSPS) is 10.8. The van der Waals surface area contributed by atoms with Crippen LogP contribution < -0.4 is 5.32 Å². The third-order valence-corrected chi connectivity index (χ3v) is 4.19. The van der Waals surface area contributed by atoms with Crippen molar-refractivity contribution in [3.05, 3.63) is 45.6 Å². The number of para-hydroxylation sites is 1. The van der Waals surface area contributed by atoms with Crippen LogP contribution in [0.15, 0.2) is 38.5 Å². The molecule has 0 bridgehead atoms. The molecule has 1 amide bonds. The molecule has 0 fully saturated rings. The van der Waals surface area contributed by atoms with E-state index in [0.717, 1.165) is 9.86 Å². The molecule has 106 valence electrons. The molecule has 7 heteroatoms. The lowest BCUT2D eigenvalue weighted by Gasteiger charge is -1.97. The van der Waals surface area contributed by atoms with E-state index in [4.69, 9.17) is 4.42 Å². The van der Waals surface area contributed by atoms with Gasteiger partial charge >= 0.3 is 0 Å². The summed E-state index contributed by atoms with van der Waals surface area (Å²) in [7, 11) is 0. The Morgan fingerprint density at radius 3 is 2.86 bits per heavy atom. The number of ketones is 1. The van der Waals surface area contributed by atoms with E-state index in [0.29, 0.717) is 16.4 Å². The third kappa shape index (κ3) is 2.74. The minimum absolute atomic E-state index is 0.139. The zero-order valence-corrected chi connectivity index (χ0v) is 13.2. The van der Waals surface area contributed by atoms with Gasteiger partial charge < -0.3 is 4.42 Å². The first-order valence-corrected chi connectivity index (χ1v) is 7.68. The van der Waals surface area contributed by atoms with E-state index in [1.54, 1.807) is 11.4 Å². The second kappa shape index (κ2) is 5.42. The molecule has 0 saturated heterocycles. The Hall–Kier alpha value is -1.99. The fraction of sp³-hybridized carbons (Fsp3) is 0.0714. The smallest absolute Gasteiger partial charge is 0.293 e. The zero-order chi connectivity index (χ0) is 15.0. The van der Waals surface area contributed by atoms with Gasteiger partial charge in [-0.1, -0.05) is 12.1 Å². The van der Waals surface area contributed by atoms with Crippen molar-refractivity contribution in [2.75, 3.05) is 5.32 Å². The molecule has 0 aliphatic carbocycles. The minimum Gasteiger partial charge on any atom is -0.450 e. The third-order valence-electron chi connectivity index (χ3n) is 2.81. The Morgan fingerprint density at radius 1 is 1.38 bits per heavy atom. The van der Waals surface area contributed by atoms with Gasteiger partial charge in [-0.05, 0) is 28.1 Å². The molecular weight excluding hydrogens is 356 g/mol. The summed E-state index contributed by atoms with van der Waals surface area (Å²) in [5.74, 6) is -0.349. The summed E-state index contributed by atoms with van der Waals surface area (Å²) in [4.78, 5) is 27.3. The van der Waals surface area contributed by atoms with E-state index < -0.39 is 5.91 Å². The fourth-order valence-electron chi connectivity index (χ4n) is 1.79. The number of furan rings is 1. The van der Waals surface area contributed by atoms with Gasteiger partial charge in [-0.15, -0.1) is 11.3 Å². The number of nitrogens with zero attached hydrogens (tertiary/aromatic N) is 1. The number of rotatable bonds is 3. The summed E-state index contributed by atoms with van der Waals surface area (Å²) >= 11 is 4.57. The number of fused-ring (bicyclic) bond motifs is 1. The number of carbonyl (C=O) groups excluding carboxylic acids is 2. The van der Waals surface area contributed by atoms with Crippen LogP contribution in [-0.2, 0) is 0 Å². The van der Waals surface area contributed by atoms with Crippen molar-refractivity contribution >= 4 is 55.1 Å². The second-order valence-corrected chi connectivity index (χ2v) is 6.03. The van der Waals surface area contributed by atoms with Crippen LogP contribution in [0.5, 0.6) is 0 Å². The van der Waals surface area contributed by atoms with Gasteiger partial charge in [-0.25, -0.2) is 4.98 Å². The first-order valence-electron chi connectivity index (χ1n) is 6.00. The summed E-state index contributed by atoms with van der Waals surface area (Å²) in [5, 5.41) is 5.42. The molecule has 1 aromatic carbocycles. The molecule has 0 aliphatic heterocycles. The number of hydrogen-bond donors (Lipinski definition) is 1. The highest BCUT2D eigenvalue weighted by Crippen LogP contribution is 2.27. The molecule has 2 heterocycles. The van der Waals surface area contributed by atoms with Crippen molar-refractivity contribution in [2.24, 2.45) is 0 Å². The number of anilines is 1. The van der Waals surface area contributed by atoms with Crippen molar-refractivity contribution in [1.82, 2.24) is 4.98 Å². The van der Waals surface area contributed by atoms with Gasteiger partial charge in [0.2, 0.25) is 0 Å². The lowest BCUT2D eigenvalue weighted by molar-refractivity contribution is 0.0992. The monoisotopic (exact) mass is 364 g/mol. The highest BCUT2D eigenvalue weighted by Gasteiger charge is 2.16. The summed E-state index contributed by atoms with van der Waals surface area (Å²) in [6.45, 7) is 1.43. The molecule has 1 N–H and O–H groups in total. The number of hydrogen-bond acceptors (Lipinski definition) is 5. The summed E-state index contributed by atoms with van der Waals surface area (Å²) in [6, 6.07) is 7.23. The van der Waals surface area contributed by atoms with Gasteiger partial charge in [0.15, 0.2) is 16.7 Å². The molecule has 0 aliphatic rings. The largest absolute Gasteiger partial charge is 0.450 e. The van der Waals surface area contributed by atoms with Crippen LogP contribution in [-0.4, -0.2) is 16.7 Å². The van der Waals surface area contributed by atoms with Crippen molar-refractivity contribution in [3.63, 3.8) is 0 Å². The molecular formula is C14H9BrN2O3S. The number of Topliss-reactive ketones (excluding diaryl/α,β-unsaturated/α-hetero) is 1. The number of amides is 1. The Kier molecular flexibility index (Phi) is 3.60.